The van der Waals surface area contributed by atoms with E-state index < -0.39 is 10.8 Å². The van der Waals surface area contributed by atoms with E-state index in [1.807, 2.05) is 0 Å². The number of aromatic amines is 2. The summed E-state index contributed by atoms with van der Waals surface area (Å²) in [7, 11) is 0. The molecule has 0 unspecified atom stereocenters. The molecule has 9 nitrogen and oxygen atoms in total. The van der Waals surface area contributed by atoms with Crippen LogP contribution in [0.5, 0.6) is 0 Å². The Morgan fingerprint density at radius 3 is 2.94 bits per heavy atom. The first-order chi connectivity index (χ1) is 8.58. The van der Waals surface area contributed by atoms with Crippen molar-refractivity contribution in [2.75, 3.05) is 5.73 Å². The van der Waals surface area contributed by atoms with Crippen molar-refractivity contribution in [2.45, 2.75) is 6.54 Å². The first-order valence-corrected chi connectivity index (χ1v) is 4.96. The second-order valence-electron chi connectivity index (χ2n) is 3.52. The van der Waals surface area contributed by atoms with Crippen molar-refractivity contribution in [1.82, 2.24) is 20.5 Å². The highest BCUT2D eigenvalue weighted by Crippen LogP contribution is 2.12. The Labute approximate surface area is 101 Å². The highest BCUT2D eigenvalue weighted by Gasteiger charge is 2.14. The van der Waals surface area contributed by atoms with Crippen molar-refractivity contribution in [1.29, 1.82) is 0 Å². The largest absolute Gasteiger partial charge is 0.384 e. The minimum absolute atomic E-state index is 0.115. The summed E-state index contributed by atoms with van der Waals surface area (Å²) in [6, 6.07) is 1.16. The van der Waals surface area contributed by atoms with Crippen LogP contribution in [-0.2, 0) is 6.54 Å². The molecule has 0 bridgehead atoms. The zero-order valence-electron chi connectivity index (χ0n) is 9.14. The first-order valence-electron chi connectivity index (χ1n) is 4.96. The maximum absolute atomic E-state index is 11.7. The number of nitro groups is 1. The van der Waals surface area contributed by atoms with E-state index in [0.717, 1.165) is 12.3 Å². The van der Waals surface area contributed by atoms with Gasteiger partial charge in [0.1, 0.15) is 11.5 Å². The number of rotatable bonds is 4. The maximum atomic E-state index is 11.7. The van der Waals surface area contributed by atoms with Crippen LogP contribution in [0.15, 0.2) is 18.5 Å². The number of amides is 1. The summed E-state index contributed by atoms with van der Waals surface area (Å²) in [5, 5.41) is 19.2. The van der Waals surface area contributed by atoms with E-state index in [1.54, 1.807) is 0 Å². The third-order valence-electron chi connectivity index (χ3n) is 2.31. The molecule has 0 aromatic carbocycles. The number of nitrogens with zero attached hydrogens (tertiary/aromatic N) is 2. The molecule has 2 heterocycles. The quantitative estimate of drug-likeness (QED) is 0.451. The molecule has 0 spiro atoms. The summed E-state index contributed by atoms with van der Waals surface area (Å²) in [5.74, 6) is -0.0866. The van der Waals surface area contributed by atoms with Crippen molar-refractivity contribution < 1.29 is 9.72 Å². The molecule has 0 radical (unpaired) electrons. The van der Waals surface area contributed by atoms with Crippen molar-refractivity contribution in [3.63, 3.8) is 0 Å². The standard InChI is InChI=1S/C9H10N6O3/c10-8-5(3-13-14-8)2-12-9(16)7-1-6(4-11-7)15(17)18/h1,3-4,11H,2H2,(H,12,16)(H3,10,13,14). The Morgan fingerprint density at radius 2 is 2.39 bits per heavy atom. The fraction of sp³-hybridized carbons (Fsp3) is 0.111. The van der Waals surface area contributed by atoms with Gasteiger partial charge in [0.15, 0.2) is 0 Å². The monoisotopic (exact) mass is 250 g/mol. The van der Waals surface area contributed by atoms with Gasteiger partial charge in [-0.25, -0.2) is 0 Å². The van der Waals surface area contributed by atoms with Gasteiger partial charge in [-0.05, 0) is 0 Å². The molecule has 0 aliphatic rings. The minimum atomic E-state index is -0.582. The Balaban J connectivity index is 1.99. The predicted molar refractivity (Wildman–Crippen MR) is 61.6 cm³/mol. The zero-order valence-corrected chi connectivity index (χ0v) is 9.14. The average molecular weight is 250 g/mol. The normalized spacial score (nSPS) is 10.2. The minimum Gasteiger partial charge on any atom is -0.384 e. The number of hydrogen-bond donors (Lipinski definition) is 4. The van der Waals surface area contributed by atoms with E-state index in [1.165, 1.54) is 6.20 Å². The van der Waals surface area contributed by atoms with Crippen LogP contribution in [0.4, 0.5) is 11.5 Å². The van der Waals surface area contributed by atoms with Gasteiger partial charge in [0, 0.05) is 18.2 Å². The van der Waals surface area contributed by atoms with E-state index in [-0.39, 0.29) is 17.9 Å². The Bertz CT molecular complexity index is 587. The number of anilines is 1. The van der Waals surface area contributed by atoms with Crippen LogP contribution in [0.25, 0.3) is 0 Å². The molecule has 0 saturated heterocycles. The van der Waals surface area contributed by atoms with Crippen LogP contribution in [-0.4, -0.2) is 26.0 Å². The molecule has 0 fully saturated rings. The molecule has 2 rings (SSSR count). The van der Waals surface area contributed by atoms with Gasteiger partial charge in [-0.3, -0.25) is 20.0 Å². The Kier molecular flexibility index (Phi) is 2.96. The number of nitrogens with one attached hydrogen (secondary N) is 3. The van der Waals surface area contributed by atoms with Crippen LogP contribution >= 0.6 is 0 Å². The van der Waals surface area contributed by atoms with Crippen molar-refractivity contribution >= 4 is 17.4 Å². The lowest BCUT2D eigenvalue weighted by Crippen LogP contribution is -2.23. The molecular weight excluding hydrogens is 240 g/mol. The topological polar surface area (TPSA) is 143 Å². The summed E-state index contributed by atoms with van der Waals surface area (Å²) in [5.41, 5.74) is 6.14. The third-order valence-corrected chi connectivity index (χ3v) is 2.31. The Hall–Kier alpha value is -2.84. The number of hydrogen-bond acceptors (Lipinski definition) is 5. The SMILES string of the molecule is Nc1[nH]ncc1CNC(=O)c1cc([N+](=O)[O-])c[nH]1. The molecule has 0 aliphatic carbocycles. The highest BCUT2D eigenvalue weighted by atomic mass is 16.6. The molecule has 0 aliphatic heterocycles. The van der Waals surface area contributed by atoms with Crippen molar-refractivity contribution in [3.8, 4) is 0 Å². The molecule has 0 saturated carbocycles. The first kappa shape index (κ1) is 11.6. The molecule has 9 heteroatoms. The highest BCUT2D eigenvalue weighted by molar-refractivity contribution is 5.93. The number of H-pyrrole nitrogens is 2. The van der Waals surface area contributed by atoms with Crippen LogP contribution in [0, 0.1) is 10.1 Å². The number of nitrogen functional groups attached to an aromatic ring is 1. The summed E-state index contributed by atoms with van der Waals surface area (Å²) < 4.78 is 0. The van der Waals surface area contributed by atoms with Gasteiger partial charge >= 0.3 is 0 Å². The second-order valence-corrected chi connectivity index (χ2v) is 3.52. The van der Waals surface area contributed by atoms with Gasteiger partial charge in [0.25, 0.3) is 11.6 Å². The molecule has 5 N–H and O–H groups in total. The third kappa shape index (κ3) is 2.29. The number of carbonyl (C=O) groups excluding carboxylic acids is 1. The number of nitrogens with two attached hydrogens (primary N) is 1. The van der Waals surface area contributed by atoms with E-state index >= 15 is 0 Å². The van der Waals surface area contributed by atoms with Gasteiger partial charge < -0.3 is 16.0 Å². The molecular formula is C9H10N6O3. The summed E-state index contributed by atoms with van der Waals surface area (Å²) in [6.45, 7) is 0.188. The lowest BCUT2D eigenvalue weighted by atomic mass is 10.3. The summed E-state index contributed by atoms with van der Waals surface area (Å²) in [4.78, 5) is 24.0. The molecule has 1 amide bonds. The van der Waals surface area contributed by atoms with Crippen LogP contribution in [0.2, 0.25) is 0 Å². The molecule has 2 aromatic heterocycles. The van der Waals surface area contributed by atoms with Crippen LogP contribution < -0.4 is 11.1 Å². The van der Waals surface area contributed by atoms with E-state index in [2.05, 4.69) is 20.5 Å². The summed E-state index contributed by atoms with van der Waals surface area (Å²) in [6.07, 6.45) is 2.65. The van der Waals surface area contributed by atoms with Gasteiger partial charge in [-0.2, -0.15) is 5.10 Å². The molecule has 18 heavy (non-hydrogen) atoms. The van der Waals surface area contributed by atoms with Gasteiger partial charge in [0.05, 0.1) is 17.3 Å². The predicted octanol–water partition coefficient (Wildman–Crippen LogP) is 0.158. The average Bonchev–Trinajstić information content (AvgIpc) is 2.94. The fourth-order valence-corrected chi connectivity index (χ4v) is 1.35. The number of carbonyl (C=O) groups is 1. The molecule has 94 valence electrons. The maximum Gasteiger partial charge on any atom is 0.287 e. The Morgan fingerprint density at radius 1 is 1.61 bits per heavy atom. The lowest BCUT2D eigenvalue weighted by molar-refractivity contribution is -0.384. The van der Waals surface area contributed by atoms with Gasteiger partial charge in [-0.1, -0.05) is 0 Å². The van der Waals surface area contributed by atoms with E-state index in [4.69, 9.17) is 5.73 Å². The zero-order chi connectivity index (χ0) is 13.1. The second kappa shape index (κ2) is 4.57. The molecule has 0 atom stereocenters. The smallest absolute Gasteiger partial charge is 0.287 e. The van der Waals surface area contributed by atoms with Crippen LogP contribution in [0.3, 0.4) is 0 Å². The van der Waals surface area contributed by atoms with Gasteiger partial charge in [0.2, 0.25) is 0 Å². The van der Waals surface area contributed by atoms with Crippen LogP contribution in [0.1, 0.15) is 16.1 Å². The lowest BCUT2D eigenvalue weighted by Gasteiger charge is -2.01. The van der Waals surface area contributed by atoms with E-state index in [0.29, 0.717) is 11.4 Å². The number of aromatic nitrogens is 3. The fourth-order valence-electron chi connectivity index (χ4n) is 1.35. The van der Waals surface area contributed by atoms with Crippen molar-refractivity contribution in [3.05, 3.63) is 39.8 Å². The molecule has 2 aromatic rings. The van der Waals surface area contributed by atoms with Gasteiger partial charge in [-0.15, -0.1) is 0 Å². The van der Waals surface area contributed by atoms with E-state index in [9.17, 15) is 14.9 Å². The summed E-state index contributed by atoms with van der Waals surface area (Å²) >= 11 is 0. The van der Waals surface area contributed by atoms with Crippen molar-refractivity contribution in [2.24, 2.45) is 0 Å².